The van der Waals surface area contributed by atoms with Crippen LogP contribution >= 0.6 is 0 Å². The number of fused-ring (bicyclic) bond motifs is 3. The van der Waals surface area contributed by atoms with E-state index in [4.69, 9.17) is 0 Å². The van der Waals surface area contributed by atoms with Crippen molar-refractivity contribution < 1.29 is 9.90 Å². The zero-order chi connectivity index (χ0) is 12.7. The normalized spacial score (nSPS) is 18.8. The molecule has 3 rings (SSSR count). The van der Waals surface area contributed by atoms with Gasteiger partial charge in [-0.05, 0) is 43.2 Å². The lowest BCUT2D eigenvalue weighted by atomic mass is 9.85. The number of H-pyrrole nitrogens is 1. The number of aryl methyl sites for hydroxylation is 1. The van der Waals surface area contributed by atoms with Gasteiger partial charge in [-0.15, -0.1) is 0 Å². The van der Waals surface area contributed by atoms with Crippen LogP contribution in [0.25, 0.3) is 10.9 Å². The average molecular weight is 243 g/mol. The van der Waals surface area contributed by atoms with Gasteiger partial charge in [0, 0.05) is 11.1 Å². The lowest BCUT2D eigenvalue weighted by Crippen LogP contribution is -2.07. The Morgan fingerprint density at radius 3 is 3.06 bits per heavy atom. The molecule has 0 spiro atoms. The number of aromatic amines is 1. The van der Waals surface area contributed by atoms with E-state index < -0.39 is 5.97 Å². The summed E-state index contributed by atoms with van der Waals surface area (Å²) in [4.78, 5) is 14.6. The summed E-state index contributed by atoms with van der Waals surface area (Å²) >= 11 is 0. The number of benzene rings is 1. The fourth-order valence-electron chi connectivity index (χ4n) is 3.17. The summed E-state index contributed by atoms with van der Waals surface area (Å²) in [6.45, 7) is 2.20. The molecule has 0 radical (unpaired) electrons. The van der Waals surface area contributed by atoms with Crippen molar-refractivity contribution in [1.29, 1.82) is 0 Å². The SMILES string of the molecule is CCC1CCCc2c1[nH]c1c(C(=O)O)cccc21. The Morgan fingerprint density at radius 1 is 1.50 bits per heavy atom. The minimum Gasteiger partial charge on any atom is -0.478 e. The first-order chi connectivity index (χ1) is 8.72. The fraction of sp³-hybridized carbons (Fsp3) is 0.400. The molecule has 1 aliphatic carbocycles. The van der Waals surface area contributed by atoms with Gasteiger partial charge >= 0.3 is 5.97 Å². The summed E-state index contributed by atoms with van der Waals surface area (Å²) in [5, 5.41) is 10.3. The molecule has 18 heavy (non-hydrogen) atoms. The highest BCUT2D eigenvalue weighted by atomic mass is 16.4. The molecule has 1 aromatic heterocycles. The summed E-state index contributed by atoms with van der Waals surface area (Å²) < 4.78 is 0. The number of para-hydroxylation sites is 1. The van der Waals surface area contributed by atoms with E-state index in [1.807, 2.05) is 12.1 Å². The van der Waals surface area contributed by atoms with Gasteiger partial charge in [0.05, 0.1) is 11.1 Å². The van der Waals surface area contributed by atoms with E-state index in [0.717, 1.165) is 23.7 Å². The summed E-state index contributed by atoms with van der Waals surface area (Å²) in [6, 6.07) is 5.55. The van der Waals surface area contributed by atoms with E-state index in [2.05, 4.69) is 11.9 Å². The van der Waals surface area contributed by atoms with Gasteiger partial charge in [0.15, 0.2) is 0 Å². The predicted molar refractivity (Wildman–Crippen MR) is 71.2 cm³/mol. The summed E-state index contributed by atoms with van der Waals surface area (Å²) in [5.74, 6) is -0.296. The van der Waals surface area contributed by atoms with Crippen molar-refractivity contribution in [2.75, 3.05) is 0 Å². The smallest absolute Gasteiger partial charge is 0.337 e. The number of hydrogen-bond acceptors (Lipinski definition) is 1. The zero-order valence-corrected chi connectivity index (χ0v) is 10.5. The average Bonchev–Trinajstić information content (AvgIpc) is 2.76. The monoisotopic (exact) mass is 243 g/mol. The Morgan fingerprint density at radius 2 is 2.33 bits per heavy atom. The Kier molecular flexibility index (Phi) is 2.62. The van der Waals surface area contributed by atoms with Gasteiger partial charge in [-0.2, -0.15) is 0 Å². The second kappa shape index (κ2) is 4.16. The van der Waals surface area contributed by atoms with E-state index in [9.17, 15) is 9.90 Å². The van der Waals surface area contributed by atoms with Crippen molar-refractivity contribution in [2.45, 2.75) is 38.5 Å². The number of carboxylic acids is 1. The second-order valence-corrected chi connectivity index (χ2v) is 5.05. The predicted octanol–water partition coefficient (Wildman–Crippen LogP) is 3.70. The molecule has 0 fully saturated rings. The lowest BCUT2D eigenvalue weighted by molar-refractivity contribution is 0.0699. The Bertz CT molecular complexity index is 612. The number of carboxylic acid groups (broad SMARTS) is 1. The van der Waals surface area contributed by atoms with Gasteiger partial charge in [-0.1, -0.05) is 19.1 Å². The molecule has 1 atom stereocenters. The minimum atomic E-state index is -0.854. The van der Waals surface area contributed by atoms with Gasteiger partial charge in [-0.3, -0.25) is 0 Å². The van der Waals surface area contributed by atoms with Crippen molar-refractivity contribution in [3.8, 4) is 0 Å². The molecule has 0 bridgehead atoms. The molecule has 2 aromatic rings. The quantitative estimate of drug-likeness (QED) is 0.845. The summed E-state index contributed by atoms with van der Waals surface area (Å²) in [7, 11) is 0. The summed E-state index contributed by atoms with van der Waals surface area (Å²) in [5.41, 5.74) is 3.80. The first-order valence-electron chi connectivity index (χ1n) is 6.59. The molecule has 0 aliphatic heterocycles. The van der Waals surface area contributed by atoms with Crippen LogP contribution in [0, 0.1) is 0 Å². The van der Waals surface area contributed by atoms with Crippen LogP contribution in [0.15, 0.2) is 18.2 Å². The van der Waals surface area contributed by atoms with Crippen LogP contribution in [0.1, 0.15) is 53.7 Å². The number of aromatic nitrogens is 1. The maximum Gasteiger partial charge on any atom is 0.337 e. The van der Waals surface area contributed by atoms with Crippen molar-refractivity contribution in [3.63, 3.8) is 0 Å². The molecule has 1 heterocycles. The van der Waals surface area contributed by atoms with E-state index >= 15 is 0 Å². The number of carbonyl (C=O) groups is 1. The number of rotatable bonds is 2. The third-order valence-corrected chi connectivity index (χ3v) is 4.09. The molecule has 0 saturated heterocycles. The van der Waals surface area contributed by atoms with Crippen LogP contribution in [0.3, 0.4) is 0 Å². The fourth-order valence-corrected chi connectivity index (χ4v) is 3.17. The maximum atomic E-state index is 11.3. The zero-order valence-electron chi connectivity index (χ0n) is 10.5. The van der Waals surface area contributed by atoms with Crippen molar-refractivity contribution in [3.05, 3.63) is 35.0 Å². The van der Waals surface area contributed by atoms with Crippen molar-refractivity contribution in [1.82, 2.24) is 4.98 Å². The number of hydrogen-bond donors (Lipinski definition) is 2. The highest BCUT2D eigenvalue weighted by molar-refractivity contribution is 6.03. The Hall–Kier alpha value is -1.77. The Balaban J connectivity index is 2.28. The molecule has 94 valence electrons. The molecule has 0 saturated carbocycles. The van der Waals surface area contributed by atoms with Crippen LogP contribution in [0.5, 0.6) is 0 Å². The van der Waals surface area contributed by atoms with Gasteiger partial charge < -0.3 is 10.1 Å². The molecule has 1 aromatic carbocycles. The third kappa shape index (κ3) is 1.54. The van der Waals surface area contributed by atoms with Gasteiger partial charge in [0.25, 0.3) is 0 Å². The van der Waals surface area contributed by atoms with Crippen LogP contribution in [0.4, 0.5) is 0 Å². The highest BCUT2D eigenvalue weighted by Crippen LogP contribution is 2.38. The molecule has 1 unspecified atom stereocenters. The minimum absolute atomic E-state index is 0.386. The molecule has 1 aliphatic rings. The van der Waals surface area contributed by atoms with Gasteiger partial charge in [-0.25, -0.2) is 4.79 Å². The highest BCUT2D eigenvalue weighted by Gasteiger charge is 2.24. The molecule has 3 nitrogen and oxygen atoms in total. The Labute approximate surface area is 106 Å². The van der Waals surface area contributed by atoms with Crippen molar-refractivity contribution >= 4 is 16.9 Å². The van der Waals surface area contributed by atoms with E-state index in [0.29, 0.717) is 11.5 Å². The van der Waals surface area contributed by atoms with Gasteiger partial charge in [0.1, 0.15) is 0 Å². The molecular weight excluding hydrogens is 226 g/mol. The second-order valence-electron chi connectivity index (χ2n) is 5.05. The maximum absolute atomic E-state index is 11.3. The van der Waals surface area contributed by atoms with Crippen LogP contribution in [-0.2, 0) is 6.42 Å². The number of nitrogens with one attached hydrogen (secondary N) is 1. The standard InChI is InChI=1S/C15H17NO2/c1-2-9-5-3-6-10-11-7-4-8-12(15(17)18)14(11)16-13(9)10/h4,7-9,16H,2-3,5-6H2,1H3,(H,17,18). The van der Waals surface area contributed by atoms with Crippen LogP contribution in [-0.4, -0.2) is 16.1 Å². The largest absolute Gasteiger partial charge is 0.478 e. The van der Waals surface area contributed by atoms with E-state index in [-0.39, 0.29) is 0 Å². The lowest BCUT2D eigenvalue weighted by Gasteiger charge is -2.20. The number of aromatic carboxylic acids is 1. The van der Waals surface area contributed by atoms with Crippen molar-refractivity contribution in [2.24, 2.45) is 0 Å². The van der Waals surface area contributed by atoms with E-state index in [1.54, 1.807) is 6.07 Å². The third-order valence-electron chi connectivity index (χ3n) is 4.09. The van der Waals surface area contributed by atoms with E-state index in [1.165, 1.54) is 24.1 Å². The van der Waals surface area contributed by atoms with Crippen LogP contribution in [0.2, 0.25) is 0 Å². The molecular formula is C15H17NO2. The first-order valence-corrected chi connectivity index (χ1v) is 6.59. The first kappa shape index (κ1) is 11.3. The topological polar surface area (TPSA) is 53.1 Å². The molecule has 0 amide bonds. The van der Waals surface area contributed by atoms with Gasteiger partial charge in [0.2, 0.25) is 0 Å². The molecule has 2 N–H and O–H groups in total. The summed E-state index contributed by atoms with van der Waals surface area (Å²) in [6.07, 6.45) is 4.59. The molecule has 3 heteroatoms. The van der Waals surface area contributed by atoms with Crippen LogP contribution < -0.4 is 0 Å².